The van der Waals surface area contributed by atoms with Gasteiger partial charge in [0.05, 0.1) is 12.4 Å². The summed E-state index contributed by atoms with van der Waals surface area (Å²) in [4.78, 5) is 77.7. The molecule has 18 N–H and O–H groups in total. The Hall–Kier alpha value is -3.51. The molecule has 0 saturated carbocycles. The van der Waals surface area contributed by atoms with E-state index in [4.69, 9.17) is 33.2 Å². The van der Waals surface area contributed by atoms with Gasteiger partial charge in [-0.1, -0.05) is 0 Å². The van der Waals surface area contributed by atoms with E-state index >= 15 is 0 Å². The highest BCUT2D eigenvalue weighted by Crippen LogP contribution is 2.09. The Morgan fingerprint density at radius 2 is 0.788 bits per heavy atom. The number of hydrogen-bond acceptors (Lipinski definition) is 14. The lowest BCUT2D eigenvalue weighted by atomic mass is 10.0. The lowest BCUT2D eigenvalue weighted by Crippen LogP contribution is -2.60. The standard InChI is InChI=1S/C30H60N10O11S/c31-13-5-1-9-20(26(43)37-22(11-3-7-15-33)28(45)39-23(30(47)48)12-4-8-16-34)36-27(44)21(10-2-6-14-32)38-29(46)24(17-41)40-25(42)19(35)18-52(49,50)51/h19-24,41H,1-18,31-35H2,(H,36,44)(H,37,43)(H,38,46)(H,39,45)(H,40,42)(H,47,48)(H,49,50,51)/t19-,20-,21-,22-,23-,24-/m0/s1. The summed E-state index contributed by atoms with van der Waals surface area (Å²) in [5.74, 6) is -6.94. The van der Waals surface area contributed by atoms with Crippen LogP contribution in [0.25, 0.3) is 0 Å². The number of carboxylic acids is 1. The van der Waals surface area contributed by atoms with Gasteiger partial charge in [0.15, 0.2) is 0 Å². The summed E-state index contributed by atoms with van der Waals surface area (Å²) in [5, 5.41) is 31.6. The highest BCUT2D eigenvalue weighted by molar-refractivity contribution is 7.85. The number of unbranched alkanes of at least 4 members (excludes halogenated alkanes) is 4. The monoisotopic (exact) mass is 768 g/mol. The number of carboxylic acid groups (broad SMARTS) is 1. The topological polar surface area (TPSA) is 388 Å². The Kier molecular flexibility index (Phi) is 25.3. The van der Waals surface area contributed by atoms with Crippen molar-refractivity contribution in [3.05, 3.63) is 0 Å². The van der Waals surface area contributed by atoms with Gasteiger partial charge in [0.2, 0.25) is 29.5 Å². The third kappa shape index (κ3) is 21.1. The number of aliphatic carboxylic acids is 1. The van der Waals surface area contributed by atoms with Crippen LogP contribution in [-0.4, -0.2) is 133 Å². The number of carbonyl (C=O) groups is 6. The second-order valence-corrected chi connectivity index (χ2v) is 13.8. The first-order valence-electron chi connectivity index (χ1n) is 17.4. The minimum atomic E-state index is -4.64. The molecule has 0 unspecified atom stereocenters. The van der Waals surface area contributed by atoms with Crippen molar-refractivity contribution in [1.82, 2.24) is 26.6 Å². The van der Waals surface area contributed by atoms with E-state index in [9.17, 15) is 47.4 Å². The predicted molar refractivity (Wildman–Crippen MR) is 190 cm³/mol. The second-order valence-electron chi connectivity index (χ2n) is 12.3. The van der Waals surface area contributed by atoms with Crippen LogP contribution < -0.4 is 55.3 Å². The molecule has 0 radical (unpaired) electrons. The maximum Gasteiger partial charge on any atom is 0.326 e. The van der Waals surface area contributed by atoms with Crippen molar-refractivity contribution in [3.8, 4) is 0 Å². The molecule has 0 aliphatic rings. The average molecular weight is 769 g/mol. The molecule has 302 valence electrons. The van der Waals surface area contributed by atoms with Gasteiger partial charge in [0.1, 0.15) is 36.3 Å². The Morgan fingerprint density at radius 3 is 1.08 bits per heavy atom. The summed E-state index contributed by atoms with van der Waals surface area (Å²) in [6.07, 6.45) is 3.93. The molecule has 21 nitrogen and oxygen atoms in total. The van der Waals surface area contributed by atoms with Crippen molar-refractivity contribution in [3.63, 3.8) is 0 Å². The lowest BCUT2D eigenvalue weighted by Gasteiger charge is -2.27. The molecule has 0 aromatic rings. The molecule has 0 aromatic carbocycles. The van der Waals surface area contributed by atoms with E-state index in [-0.39, 0.29) is 38.8 Å². The zero-order valence-electron chi connectivity index (χ0n) is 29.6. The molecule has 0 saturated heterocycles. The third-order valence-electron chi connectivity index (χ3n) is 7.84. The van der Waals surface area contributed by atoms with Gasteiger partial charge in [-0.15, -0.1) is 0 Å². The van der Waals surface area contributed by atoms with Crippen LogP contribution in [0.4, 0.5) is 0 Å². The highest BCUT2D eigenvalue weighted by atomic mass is 32.2. The number of hydrogen-bond donors (Lipinski definition) is 13. The van der Waals surface area contributed by atoms with Crippen LogP contribution in [0.3, 0.4) is 0 Å². The van der Waals surface area contributed by atoms with Crippen molar-refractivity contribution < 1.29 is 52.0 Å². The zero-order valence-corrected chi connectivity index (χ0v) is 30.4. The zero-order chi connectivity index (χ0) is 39.7. The molecule has 0 aliphatic heterocycles. The summed E-state index contributed by atoms with van der Waals surface area (Å²) in [6.45, 7) is 0.233. The van der Waals surface area contributed by atoms with Crippen molar-refractivity contribution in [2.24, 2.45) is 28.7 Å². The number of amides is 5. The fraction of sp³-hybridized carbons (Fsp3) is 0.800. The number of nitrogens with two attached hydrogens (primary N) is 5. The van der Waals surface area contributed by atoms with Crippen molar-refractivity contribution in [2.75, 3.05) is 38.5 Å². The summed E-state index contributed by atoms with van der Waals surface area (Å²) in [5.41, 5.74) is 27.8. The molecule has 0 heterocycles. The summed E-state index contributed by atoms with van der Waals surface area (Å²) >= 11 is 0. The average Bonchev–Trinajstić information content (AvgIpc) is 3.07. The molecule has 52 heavy (non-hydrogen) atoms. The van der Waals surface area contributed by atoms with Gasteiger partial charge in [0.25, 0.3) is 10.1 Å². The van der Waals surface area contributed by atoms with Gasteiger partial charge >= 0.3 is 5.97 Å². The van der Waals surface area contributed by atoms with Crippen LogP contribution in [0, 0.1) is 0 Å². The Balaban J connectivity index is 6.11. The molecule has 5 amide bonds. The van der Waals surface area contributed by atoms with Crippen LogP contribution in [0.2, 0.25) is 0 Å². The van der Waals surface area contributed by atoms with Crippen molar-refractivity contribution >= 4 is 45.6 Å². The van der Waals surface area contributed by atoms with Gasteiger partial charge in [0, 0.05) is 0 Å². The Morgan fingerprint density at radius 1 is 0.500 bits per heavy atom. The first kappa shape index (κ1) is 48.5. The van der Waals surface area contributed by atoms with Crippen LogP contribution in [0.5, 0.6) is 0 Å². The number of rotatable bonds is 30. The number of aliphatic hydroxyl groups is 1. The van der Waals surface area contributed by atoms with E-state index in [1.807, 2.05) is 0 Å². The van der Waals surface area contributed by atoms with Crippen molar-refractivity contribution in [2.45, 2.75) is 113 Å². The molecule has 0 aromatic heterocycles. The van der Waals surface area contributed by atoms with Crippen LogP contribution >= 0.6 is 0 Å². The number of aliphatic hydroxyl groups excluding tert-OH is 1. The highest BCUT2D eigenvalue weighted by Gasteiger charge is 2.33. The second kappa shape index (κ2) is 27.1. The molecule has 0 spiro atoms. The fourth-order valence-electron chi connectivity index (χ4n) is 4.90. The quantitative estimate of drug-likeness (QED) is 0.0241. The maximum absolute atomic E-state index is 13.6. The molecule has 22 heteroatoms. The fourth-order valence-corrected chi connectivity index (χ4v) is 5.50. The number of carbonyl (C=O) groups excluding carboxylic acids is 5. The van der Waals surface area contributed by atoms with Gasteiger partial charge in [-0.25, -0.2) is 4.79 Å². The SMILES string of the molecule is NCCCC[C@H](NC(=O)[C@H](CCCCN)NC(=O)[C@H](CCCCN)NC(=O)[C@H](CCCCN)NC(=O)[C@H](CO)NC(=O)[C@@H](N)CS(=O)(=O)O)C(=O)O. The van der Waals surface area contributed by atoms with Gasteiger partial charge < -0.3 is 65.5 Å². The molecule has 0 aliphatic carbocycles. The van der Waals surface area contributed by atoms with E-state index in [1.165, 1.54) is 0 Å². The first-order chi connectivity index (χ1) is 24.5. The van der Waals surface area contributed by atoms with Gasteiger partial charge in [-0.05, 0) is 103 Å². The van der Waals surface area contributed by atoms with Gasteiger partial charge in [-0.3, -0.25) is 28.5 Å². The molecule has 0 rings (SSSR count). The van der Waals surface area contributed by atoms with E-state index in [0.717, 1.165) is 0 Å². The molecule has 6 atom stereocenters. The Bertz CT molecular complexity index is 1230. The summed E-state index contributed by atoms with van der Waals surface area (Å²) in [6, 6.07) is -8.40. The first-order valence-corrected chi connectivity index (χ1v) is 19.0. The van der Waals surface area contributed by atoms with E-state index < -0.39 is 94.2 Å². The maximum atomic E-state index is 13.6. The minimum Gasteiger partial charge on any atom is -0.480 e. The van der Waals surface area contributed by atoms with Gasteiger partial charge in [-0.2, -0.15) is 8.42 Å². The largest absolute Gasteiger partial charge is 0.480 e. The molecular formula is C30H60N10O11S. The Labute approximate surface area is 304 Å². The summed E-state index contributed by atoms with van der Waals surface area (Å²) in [7, 11) is -4.64. The predicted octanol–water partition coefficient (Wildman–Crippen LogP) is -4.78. The normalized spacial score (nSPS) is 14.9. The smallest absolute Gasteiger partial charge is 0.326 e. The van der Waals surface area contributed by atoms with E-state index in [1.54, 1.807) is 0 Å². The summed E-state index contributed by atoms with van der Waals surface area (Å²) < 4.78 is 31.1. The van der Waals surface area contributed by atoms with Crippen molar-refractivity contribution in [1.29, 1.82) is 0 Å². The van der Waals surface area contributed by atoms with E-state index in [2.05, 4.69) is 26.6 Å². The molecular weight excluding hydrogens is 708 g/mol. The van der Waals surface area contributed by atoms with E-state index in [0.29, 0.717) is 64.5 Å². The molecule has 0 bridgehead atoms. The number of nitrogens with one attached hydrogen (secondary N) is 5. The molecule has 0 fully saturated rings. The van der Waals surface area contributed by atoms with Crippen LogP contribution in [0.1, 0.15) is 77.0 Å². The van der Waals surface area contributed by atoms with Crippen LogP contribution in [-0.2, 0) is 38.9 Å². The third-order valence-corrected chi connectivity index (χ3v) is 8.62. The lowest BCUT2D eigenvalue weighted by molar-refractivity contribution is -0.142. The van der Waals surface area contributed by atoms with Crippen LogP contribution in [0.15, 0.2) is 0 Å². The minimum absolute atomic E-state index is 0.0190.